The maximum absolute atomic E-state index is 12.1. The van der Waals surface area contributed by atoms with Gasteiger partial charge in [0.05, 0.1) is 12.2 Å². The van der Waals surface area contributed by atoms with Crippen LogP contribution in [0, 0.1) is 56.2 Å². The van der Waals surface area contributed by atoms with Crippen LogP contribution in [0.1, 0.15) is 120 Å². The molecule has 5 aliphatic carbocycles. The molecule has 0 aromatic rings. The van der Waals surface area contributed by atoms with E-state index in [1.165, 1.54) is 44.9 Å². The van der Waals surface area contributed by atoms with Gasteiger partial charge in [-0.05, 0) is 127 Å². The fraction of sp³-hybridized carbons (Fsp3) is 0.938. The summed E-state index contributed by atoms with van der Waals surface area (Å²) < 4.78 is 0. The molecule has 0 aliphatic heterocycles. The Labute approximate surface area is 210 Å². The Morgan fingerprint density at radius 1 is 0.735 bits per heavy atom. The normalized spacial score (nSPS) is 56.2. The smallest absolute Gasteiger partial charge is 0.0594 e. The molecule has 34 heavy (non-hydrogen) atoms. The van der Waals surface area contributed by atoms with Crippen LogP contribution >= 0.6 is 0 Å². The largest absolute Gasteiger partial charge is 0.393 e. The summed E-state index contributed by atoms with van der Waals surface area (Å²) in [6.45, 7) is 19.6. The topological polar surface area (TPSA) is 40.5 Å². The van der Waals surface area contributed by atoms with E-state index in [2.05, 4.69) is 67.5 Å². The van der Waals surface area contributed by atoms with Crippen LogP contribution in [0.3, 0.4) is 0 Å². The van der Waals surface area contributed by atoms with E-state index in [9.17, 15) is 10.2 Å². The molecule has 0 spiro atoms. The van der Waals surface area contributed by atoms with E-state index in [4.69, 9.17) is 0 Å². The number of hydrogen-bond donors (Lipinski definition) is 2. The average Bonchev–Trinajstić information content (AvgIpc) is 2.74. The van der Waals surface area contributed by atoms with Crippen LogP contribution in [0.15, 0.2) is 12.2 Å². The standard InChI is InChI=1S/C32H54O2/c1-9-12-32-17-15-27(2,3)20-21(32)26-22(33)19-24-29(6)13-11-25(34)28(4,5)23(29)10-14-30(24,7)31(26,8)16-18-32/h9,12,21-26,33-34H,10-11,13-20H2,1-8H3/b12-9+/t21-,22+,23-,24+,25-,26-,29-,30+,31+,32+/m0/s1. The molecular formula is C32H54O2. The molecule has 0 aromatic heterocycles. The van der Waals surface area contributed by atoms with E-state index in [-0.39, 0.29) is 39.3 Å². The second kappa shape index (κ2) is 7.59. The van der Waals surface area contributed by atoms with Crippen molar-refractivity contribution in [2.45, 2.75) is 132 Å². The highest BCUT2D eigenvalue weighted by atomic mass is 16.3. The molecule has 0 unspecified atom stereocenters. The molecule has 0 amide bonds. The maximum Gasteiger partial charge on any atom is 0.0594 e. The lowest BCUT2D eigenvalue weighted by Gasteiger charge is -2.74. The molecule has 5 saturated carbocycles. The quantitative estimate of drug-likeness (QED) is 0.384. The fourth-order valence-electron chi connectivity index (χ4n) is 11.7. The molecule has 0 bridgehead atoms. The van der Waals surface area contributed by atoms with Gasteiger partial charge in [-0.15, -0.1) is 0 Å². The first-order chi connectivity index (χ1) is 15.7. The molecule has 194 valence electrons. The predicted molar refractivity (Wildman–Crippen MR) is 141 cm³/mol. The first-order valence-electron chi connectivity index (χ1n) is 14.7. The van der Waals surface area contributed by atoms with E-state index >= 15 is 0 Å². The molecule has 2 N–H and O–H groups in total. The Morgan fingerprint density at radius 3 is 2.09 bits per heavy atom. The molecule has 5 rings (SSSR count). The van der Waals surface area contributed by atoms with Crippen molar-refractivity contribution in [1.82, 2.24) is 0 Å². The Morgan fingerprint density at radius 2 is 1.41 bits per heavy atom. The summed E-state index contributed by atoms with van der Waals surface area (Å²) in [6.07, 6.45) is 16.4. The van der Waals surface area contributed by atoms with Gasteiger partial charge in [-0.1, -0.05) is 60.6 Å². The van der Waals surface area contributed by atoms with Gasteiger partial charge < -0.3 is 10.2 Å². The highest BCUT2D eigenvalue weighted by molar-refractivity contribution is 5.22. The minimum absolute atomic E-state index is 0.0297. The second-order valence-electron chi connectivity index (χ2n) is 15.9. The van der Waals surface area contributed by atoms with E-state index < -0.39 is 0 Å². The summed E-state index contributed by atoms with van der Waals surface area (Å²) >= 11 is 0. The summed E-state index contributed by atoms with van der Waals surface area (Å²) in [4.78, 5) is 0. The van der Waals surface area contributed by atoms with Crippen LogP contribution in [0.25, 0.3) is 0 Å². The van der Waals surface area contributed by atoms with Crippen molar-refractivity contribution in [3.63, 3.8) is 0 Å². The highest BCUT2D eigenvalue weighted by Gasteiger charge is 2.71. The van der Waals surface area contributed by atoms with Gasteiger partial charge in [0, 0.05) is 0 Å². The number of aliphatic hydroxyl groups excluding tert-OH is 2. The van der Waals surface area contributed by atoms with Crippen molar-refractivity contribution in [2.75, 3.05) is 0 Å². The molecule has 10 atom stereocenters. The van der Waals surface area contributed by atoms with E-state index in [0.717, 1.165) is 19.3 Å². The zero-order valence-electron chi connectivity index (χ0n) is 23.6. The Balaban J connectivity index is 1.58. The monoisotopic (exact) mass is 470 g/mol. The molecule has 2 nitrogen and oxygen atoms in total. The fourth-order valence-corrected chi connectivity index (χ4v) is 11.7. The first-order valence-corrected chi connectivity index (χ1v) is 14.7. The van der Waals surface area contributed by atoms with Crippen LogP contribution in [0.2, 0.25) is 0 Å². The van der Waals surface area contributed by atoms with Crippen LogP contribution in [0.4, 0.5) is 0 Å². The predicted octanol–water partition coefficient (Wildman–Crippen LogP) is 7.78. The number of aliphatic hydroxyl groups is 2. The Hall–Kier alpha value is -0.340. The lowest BCUT2D eigenvalue weighted by molar-refractivity contribution is -0.274. The number of hydrogen-bond acceptors (Lipinski definition) is 2. The molecule has 0 aromatic carbocycles. The van der Waals surface area contributed by atoms with Gasteiger partial charge in [0.15, 0.2) is 0 Å². The van der Waals surface area contributed by atoms with Crippen LogP contribution < -0.4 is 0 Å². The zero-order valence-corrected chi connectivity index (χ0v) is 23.6. The maximum atomic E-state index is 12.1. The van der Waals surface area contributed by atoms with Gasteiger partial charge in [0.25, 0.3) is 0 Å². The number of fused-ring (bicyclic) bond motifs is 7. The summed E-state index contributed by atoms with van der Waals surface area (Å²) in [5, 5.41) is 23.1. The molecule has 2 heteroatoms. The molecule has 0 radical (unpaired) electrons. The van der Waals surface area contributed by atoms with Crippen molar-refractivity contribution in [1.29, 1.82) is 0 Å². The molecule has 5 aliphatic rings. The van der Waals surface area contributed by atoms with Gasteiger partial charge in [0.2, 0.25) is 0 Å². The first kappa shape index (κ1) is 25.3. The van der Waals surface area contributed by atoms with Crippen LogP contribution in [-0.4, -0.2) is 22.4 Å². The minimum atomic E-state index is -0.197. The number of rotatable bonds is 1. The van der Waals surface area contributed by atoms with Crippen molar-refractivity contribution >= 4 is 0 Å². The third-order valence-electron chi connectivity index (χ3n) is 13.8. The summed E-state index contributed by atoms with van der Waals surface area (Å²) in [5.41, 5.74) is 1.30. The second-order valence-corrected chi connectivity index (χ2v) is 15.9. The van der Waals surface area contributed by atoms with Gasteiger partial charge >= 0.3 is 0 Å². The molecule has 0 heterocycles. The van der Waals surface area contributed by atoms with Gasteiger partial charge in [0.1, 0.15) is 0 Å². The average molecular weight is 471 g/mol. The highest BCUT2D eigenvalue weighted by Crippen LogP contribution is 2.77. The van der Waals surface area contributed by atoms with Crippen molar-refractivity contribution in [2.24, 2.45) is 56.2 Å². The molecule has 5 fully saturated rings. The Bertz CT molecular complexity index is 842. The van der Waals surface area contributed by atoms with E-state index in [1.54, 1.807) is 0 Å². The van der Waals surface area contributed by atoms with Gasteiger partial charge in [-0.2, -0.15) is 0 Å². The summed E-state index contributed by atoms with van der Waals surface area (Å²) in [5.74, 6) is 2.09. The van der Waals surface area contributed by atoms with Crippen molar-refractivity contribution in [3.05, 3.63) is 12.2 Å². The van der Waals surface area contributed by atoms with E-state index in [0.29, 0.717) is 29.1 Å². The summed E-state index contributed by atoms with van der Waals surface area (Å²) in [7, 11) is 0. The minimum Gasteiger partial charge on any atom is -0.393 e. The lowest BCUT2D eigenvalue weighted by atomic mass is 9.31. The van der Waals surface area contributed by atoms with Crippen LogP contribution in [-0.2, 0) is 0 Å². The summed E-state index contributed by atoms with van der Waals surface area (Å²) in [6, 6.07) is 0. The van der Waals surface area contributed by atoms with Crippen molar-refractivity contribution in [3.8, 4) is 0 Å². The third-order valence-corrected chi connectivity index (χ3v) is 13.8. The molecular weight excluding hydrogens is 416 g/mol. The lowest BCUT2D eigenvalue weighted by Crippen LogP contribution is -2.69. The van der Waals surface area contributed by atoms with Crippen molar-refractivity contribution < 1.29 is 10.2 Å². The third kappa shape index (κ3) is 3.12. The van der Waals surface area contributed by atoms with E-state index in [1.807, 2.05) is 0 Å². The van der Waals surface area contributed by atoms with Gasteiger partial charge in [-0.25, -0.2) is 0 Å². The Kier molecular flexibility index (Phi) is 5.65. The van der Waals surface area contributed by atoms with Gasteiger partial charge in [-0.3, -0.25) is 0 Å². The number of allylic oxidation sites excluding steroid dienone is 2. The SMILES string of the molecule is C/C=C/[C@]12CCC(C)(C)C[C@H]1[C@H]1[C@H](O)C[C@@H]3[C@@]4(C)CC[C@H](O)C(C)(C)[C@@H]4CC[C@@]3(C)[C@]1(C)CC2. The zero-order chi connectivity index (χ0) is 24.9. The van der Waals surface area contributed by atoms with Crippen LogP contribution in [0.5, 0.6) is 0 Å². The molecule has 0 saturated heterocycles.